The first kappa shape index (κ1) is 18.1. The number of ether oxygens (including phenoxy) is 2. The highest BCUT2D eigenvalue weighted by Crippen LogP contribution is 2.29. The first-order valence-corrected chi connectivity index (χ1v) is 8.35. The summed E-state index contributed by atoms with van der Waals surface area (Å²) in [7, 11) is 3.31. The van der Waals surface area contributed by atoms with Crippen LogP contribution >= 0.6 is 12.2 Å². The zero-order chi connectivity index (χ0) is 17.4. The van der Waals surface area contributed by atoms with Crippen LogP contribution in [-0.2, 0) is 6.42 Å². The van der Waals surface area contributed by atoms with Gasteiger partial charge in [-0.1, -0.05) is 30.3 Å². The predicted molar refractivity (Wildman–Crippen MR) is 102 cm³/mol. The molecule has 0 aromatic heterocycles. The van der Waals surface area contributed by atoms with E-state index < -0.39 is 0 Å². The van der Waals surface area contributed by atoms with Crippen molar-refractivity contribution in [1.82, 2.24) is 10.6 Å². The molecule has 0 bridgehead atoms. The third-order valence-electron chi connectivity index (χ3n) is 3.79. The summed E-state index contributed by atoms with van der Waals surface area (Å²) in [5.41, 5.74) is 2.29. The Morgan fingerprint density at radius 1 is 1.08 bits per heavy atom. The number of methoxy groups -OCH3 is 2. The number of hydrogen-bond donors (Lipinski definition) is 2. The van der Waals surface area contributed by atoms with E-state index in [1.165, 1.54) is 5.56 Å². The van der Waals surface area contributed by atoms with Crippen LogP contribution in [0.2, 0.25) is 0 Å². The maximum absolute atomic E-state index is 5.43. The van der Waals surface area contributed by atoms with Gasteiger partial charge < -0.3 is 20.1 Å². The zero-order valence-electron chi connectivity index (χ0n) is 14.3. The Morgan fingerprint density at radius 2 is 1.83 bits per heavy atom. The van der Waals surface area contributed by atoms with Crippen LogP contribution in [0.5, 0.6) is 11.5 Å². The molecule has 2 rings (SSSR count). The molecule has 0 radical (unpaired) electrons. The second kappa shape index (κ2) is 9.13. The molecule has 2 N–H and O–H groups in total. The quantitative estimate of drug-likeness (QED) is 0.753. The Bertz CT molecular complexity index is 662. The highest BCUT2D eigenvalue weighted by atomic mass is 32.1. The summed E-state index contributed by atoms with van der Waals surface area (Å²) in [5, 5.41) is 7.17. The Labute approximate surface area is 149 Å². The molecule has 0 unspecified atom stereocenters. The van der Waals surface area contributed by atoms with Crippen LogP contribution < -0.4 is 20.1 Å². The maximum Gasteiger partial charge on any atom is 0.166 e. The Morgan fingerprint density at radius 3 is 2.50 bits per heavy atom. The van der Waals surface area contributed by atoms with Gasteiger partial charge in [-0.15, -0.1) is 0 Å². The van der Waals surface area contributed by atoms with Crippen molar-refractivity contribution in [2.45, 2.75) is 19.4 Å². The maximum atomic E-state index is 5.43. The minimum Gasteiger partial charge on any atom is -0.497 e. The molecule has 128 valence electrons. The van der Waals surface area contributed by atoms with Gasteiger partial charge in [-0.05, 0) is 49.3 Å². The van der Waals surface area contributed by atoms with Crippen LogP contribution in [0.4, 0.5) is 0 Å². The van der Waals surface area contributed by atoms with Gasteiger partial charge in [-0.25, -0.2) is 0 Å². The number of thiocarbonyl (C=S) groups is 1. The average Bonchev–Trinajstić information content (AvgIpc) is 2.62. The molecule has 0 aliphatic carbocycles. The molecular formula is C19H24N2O2S. The van der Waals surface area contributed by atoms with E-state index in [4.69, 9.17) is 21.7 Å². The molecule has 0 aliphatic rings. The standard InChI is InChI=1S/C19H24N2O2S/c1-14(17-13-16(22-2)9-10-18(17)23-3)21-19(24)20-12-11-15-7-5-4-6-8-15/h4-10,13-14H,11-12H2,1-3H3,(H2,20,21,24)/t14-/m0/s1. The van der Waals surface area contributed by atoms with Crippen molar-refractivity contribution in [2.75, 3.05) is 20.8 Å². The van der Waals surface area contributed by atoms with Gasteiger partial charge in [0.05, 0.1) is 20.3 Å². The molecule has 0 amide bonds. The Hall–Kier alpha value is -2.27. The monoisotopic (exact) mass is 344 g/mol. The first-order chi connectivity index (χ1) is 11.6. The molecule has 0 saturated carbocycles. The molecule has 0 heterocycles. The molecule has 24 heavy (non-hydrogen) atoms. The fraction of sp³-hybridized carbons (Fsp3) is 0.316. The van der Waals surface area contributed by atoms with Gasteiger partial charge in [0.1, 0.15) is 11.5 Å². The topological polar surface area (TPSA) is 42.5 Å². The van der Waals surface area contributed by atoms with Gasteiger partial charge in [0, 0.05) is 12.1 Å². The molecule has 1 atom stereocenters. The van der Waals surface area contributed by atoms with E-state index in [0.717, 1.165) is 30.0 Å². The molecule has 5 heteroatoms. The molecule has 0 aliphatic heterocycles. The van der Waals surface area contributed by atoms with Crippen molar-refractivity contribution in [3.05, 3.63) is 59.7 Å². The van der Waals surface area contributed by atoms with Crippen LogP contribution in [0.3, 0.4) is 0 Å². The molecule has 4 nitrogen and oxygen atoms in total. The molecule has 0 fully saturated rings. The predicted octanol–water partition coefficient (Wildman–Crippen LogP) is 3.47. The van der Waals surface area contributed by atoms with Crippen LogP contribution in [0.1, 0.15) is 24.1 Å². The van der Waals surface area contributed by atoms with Gasteiger partial charge in [-0.2, -0.15) is 0 Å². The minimum absolute atomic E-state index is 0.00627. The summed E-state index contributed by atoms with van der Waals surface area (Å²) in [5.74, 6) is 1.60. The van der Waals surface area contributed by atoms with Crippen LogP contribution in [0.25, 0.3) is 0 Å². The van der Waals surface area contributed by atoms with Gasteiger partial charge in [-0.3, -0.25) is 0 Å². The van der Waals surface area contributed by atoms with Crippen LogP contribution in [-0.4, -0.2) is 25.9 Å². The third kappa shape index (κ3) is 5.13. The van der Waals surface area contributed by atoms with E-state index in [2.05, 4.69) is 22.8 Å². The second-order valence-corrected chi connectivity index (χ2v) is 5.87. The summed E-state index contributed by atoms with van der Waals surface area (Å²) in [4.78, 5) is 0. The third-order valence-corrected chi connectivity index (χ3v) is 4.06. The Balaban J connectivity index is 1.89. The SMILES string of the molecule is COc1ccc(OC)c([C@H](C)NC(=S)NCCc2ccccc2)c1. The van der Waals surface area contributed by atoms with E-state index in [9.17, 15) is 0 Å². The number of rotatable bonds is 7. The van der Waals surface area contributed by atoms with Gasteiger partial charge in [0.25, 0.3) is 0 Å². The fourth-order valence-corrected chi connectivity index (χ4v) is 2.75. The summed E-state index contributed by atoms with van der Waals surface area (Å²) in [6, 6.07) is 16.1. The van der Waals surface area contributed by atoms with Gasteiger partial charge >= 0.3 is 0 Å². The van der Waals surface area contributed by atoms with Crippen molar-refractivity contribution in [1.29, 1.82) is 0 Å². The highest BCUT2D eigenvalue weighted by molar-refractivity contribution is 7.80. The highest BCUT2D eigenvalue weighted by Gasteiger charge is 2.13. The lowest BCUT2D eigenvalue weighted by Crippen LogP contribution is -2.37. The molecule has 0 saturated heterocycles. The molecular weight excluding hydrogens is 320 g/mol. The van der Waals surface area contributed by atoms with Crippen molar-refractivity contribution in [2.24, 2.45) is 0 Å². The van der Waals surface area contributed by atoms with E-state index in [0.29, 0.717) is 5.11 Å². The lowest BCUT2D eigenvalue weighted by Gasteiger charge is -2.20. The van der Waals surface area contributed by atoms with E-state index in [1.807, 2.05) is 43.3 Å². The van der Waals surface area contributed by atoms with Crippen LogP contribution in [0.15, 0.2) is 48.5 Å². The smallest absolute Gasteiger partial charge is 0.166 e. The van der Waals surface area contributed by atoms with E-state index in [-0.39, 0.29) is 6.04 Å². The lowest BCUT2D eigenvalue weighted by molar-refractivity contribution is 0.395. The van der Waals surface area contributed by atoms with Crippen molar-refractivity contribution < 1.29 is 9.47 Å². The van der Waals surface area contributed by atoms with E-state index >= 15 is 0 Å². The van der Waals surface area contributed by atoms with Gasteiger partial charge in [0.2, 0.25) is 0 Å². The number of nitrogens with one attached hydrogen (secondary N) is 2. The first-order valence-electron chi connectivity index (χ1n) is 7.94. The minimum atomic E-state index is 0.00627. The molecule has 0 spiro atoms. The second-order valence-electron chi connectivity index (χ2n) is 5.47. The van der Waals surface area contributed by atoms with Crippen molar-refractivity contribution in [3.8, 4) is 11.5 Å². The van der Waals surface area contributed by atoms with Crippen molar-refractivity contribution >= 4 is 17.3 Å². The van der Waals surface area contributed by atoms with E-state index in [1.54, 1.807) is 14.2 Å². The van der Waals surface area contributed by atoms with Crippen molar-refractivity contribution in [3.63, 3.8) is 0 Å². The largest absolute Gasteiger partial charge is 0.497 e. The molecule has 2 aromatic carbocycles. The number of hydrogen-bond acceptors (Lipinski definition) is 3. The summed E-state index contributed by atoms with van der Waals surface area (Å²) < 4.78 is 10.7. The number of benzene rings is 2. The zero-order valence-corrected chi connectivity index (χ0v) is 15.2. The summed E-state index contributed by atoms with van der Waals surface area (Å²) >= 11 is 5.39. The van der Waals surface area contributed by atoms with Gasteiger partial charge in [0.15, 0.2) is 5.11 Å². The fourth-order valence-electron chi connectivity index (χ4n) is 2.47. The summed E-state index contributed by atoms with van der Waals surface area (Å²) in [6.45, 7) is 2.83. The normalized spacial score (nSPS) is 11.5. The van der Waals surface area contributed by atoms with Crippen LogP contribution in [0, 0.1) is 0 Å². The molecule has 2 aromatic rings. The average molecular weight is 344 g/mol. The Kier molecular flexibility index (Phi) is 6.88. The lowest BCUT2D eigenvalue weighted by atomic mass is 10.1. The summed E-state index contributed by atoms with van der Waals surface area (Å²) in [6.07, 6.45) is 0.930.